The van der Waals surface area contributed by atoms with Crippen molar-refractivity contribution in [3.8, 4) is 5.75 Å². The number of carbonyl (C=O) groups is 1. The third-order valence-corrected chi connectivity index (χ3v) is 3.84. The second-order valence-corrected chi connectivity index (χ2v) is 5.30. The highest BCUT2D eigenvalue weighted by molar-refractivity contribution is 6.32. The molecule has 2 N–H and O–H groups in total. The van der Waals surface area contributed by atoms with E-state index in [2.05, 4.69) is 5.32 Å². The van der Waals surface area contributed by atoms with Gasteiger partial charge in [0.2, 0.25) is 0 Å². The minimum absolute atomic E-state index is 0.194. The summed E-state index contributed by atoms with van der Waals surface area (Å²) in [5.74, 6) is -0.293. The van der Waals surface area contributed by atoms with Crippen molar-refractivity contribution in [2.75, 3.05) is 12.4 Å². The lowest BCUT2D eigenvalue weighted by molar-refractivity contribution is -0.142. The van der Waals surface area contributed by atoms with Gasteiger partial charge in [-0.2, -0.15) is 0 Å². The van der Waals surface area contributed by atoms with E-state index < -0.39 is 5.97 Å². The van der Waals surface area contributed by atoms with Crippen molar-refractivity contribution in [1.82, 2.24) is 0 Å². The van der Waals surface area contributed by atoms with Gasteiger partial charge in [0.05, 0.1) is 18.1 Å². The second-order valence-electron chi connectivity index (χ2n) is 4.89. The van der Waals surface area contributed by atoms with Gasteiger partial charge in [0.1, 0.15) is 5.75 Å². The lowest BCUT2D eigenvalue weighted by atomic mass is 9.85. The third kappa shape index (κ3) is 3.53. The molecule has 1 aliphatic rings. The highest BCUT2D eigenvalue weighted by Crippen LogP contribution is 2.30. The molecule has 0 aromatic heterocycles. The first-order valence-corrected chi connectivity index (χ1v) is 6.81. The van der Waals surface area contributed by atoms with E-state index in [4.69, 9.17) is 21.4 Å². The van der Waals surface area contributed by atoms with Gasteiger partial charge in [0, 0.05) is 11.7 Å². The number of hydrogen-bond acceptors (Lipinski definition) is 3. The van der Waals surface area contributed by atoms with Gasteiger partial charge < -0.3 is 15.2 Å². The van der Waals surface area contributed by atoms with Crippen LogP contribution in [0.25, 0.3) is 0 Å². The Balaban J connectivity index is 2.00. The van der Waals surface area contributed by atoms with Gasteiger partial charge in [-0.25, -0.2) is 0 Å². The van der Waals surface area contributed by atoms with E-state index in [0.717, 1.165) is 24.9 Å². The fourth-order valence-corrected chi connectivity index (χ4v) is 2.79. The van der Waals surface area contributed by atoms with Gasteiger partial charge in [-0.1, -0.05) is 18.0 Å². The van der Waals surface area contributed by atoms with Gasteiger partial charge in [-0.15, -0.1) is 0 Å². The molecular weight excluding hydrogens is 266 g/mol. The molecule has 0 bridgehead atoms. The Bertz CT molecular complexity index is 464. The molecule has 104 valence electrons. The van der Waals surface area contributed by atoms with E-state index >= 15 is 0 Å². The topological polar surface area (TPSA) is 58.6 Å². The third-order valence-electron chi connectivity index (χ3n) is 3.55. The van der Waals surface area contributed by atoms with Crippen molar-refractivity contribution < 1.29 is 14.6 Å². The number of rotatable bonds is 4. The van der Waals surface area contributed by atoms with Crippen LogP contribution in [0.3, 0.4) is 0 Å². The molecule has 5 heteroatoms. The van der Waals surface area contributed by atoms with Crippen LogP contribution in [0.5, 0.6) is 5.75 Å². The van der Waals surface area contributed by atoms with Crippen LogP contribution in [0.1, 0.15) is 25.7 Å². The molecule has 0 spiro atoms. The number of nitrogens with one attached hydrogen (secondary N) is 1. The molecule has 1 aromatic rings. The van der Waals surface area contributed by atoms with Crippen LogP contribution < -0.4 is 10.1 Å². The Labute approximate surface area is 117 Å². The Morgan fingerprint density at radius 2 is 2.26 bits per heavy atom. The lowest BCUT2D eigenvalue weighted by Gasteiger charge is -2.28. The Hall–Kier alpha value is -1.42. The number of methoxy groups -OCH3 is 1. The number of benzene rings is 1. The number of anilines is 1. The summed E-state index contributed by atoms with van der Waals surface area (Å²) in [6.45, 7) is 0. The molecule has 1 saturated carbocycles. The van der Waals surface area contributed by atoms with Crippen LogP contribution in [0, 0.1) is 5.92 Å². The summed E-state index contributed by atoms with van der Waals surface area (Å²) in [5.41, 5.74) is 0.904. The SMILES string of the molecule is COc1ccc(NC2CCCC(C(=O)O)C2)cc1Cl. The van der Waals surface area contributed by atoms with E-state index in [1.54, 1.807) is 7.11 Å². The monoisotopic (exact) mass is 283 g/mol. The number of carboxylic acids is 1. The smallest absolute Gasteiger partial charge is 0.306 e. The van der Waals surface area contributed by atoms with Crippen molar-refractivity contribution in [3.63, 3.8) is 0 Å². The standard InChI is InChI=1S/C14H18ClNO3/c1-19-13-6-5-11(8-12(13)15)16-10-4-2-3-9(7-10)14(17)18/h5-6,8-10,16H,2-4,7H2,1H3,(H,17,18). The summed E-state index contributed by atoms with van der Waals surface area (Å²) in [5, 5.41) is 13.0. The molecule has 0 aliphatic heterocycles. The Morgan fingerprint density at radius 1 is 1.47 bits per heavy atom. The first-order chi connectivity index (χ1) is 9.10. The molecule has 1 aromatic carbocycles. The Kier molecular flexibility index (Phi) is 4.53. The number of ether oxygens (including phenoxy) is 1. The first kappa shape index (κ1) is 14.0. The minimum Gasteiger partial charge on any atom is -0.495 e. The molecule has 2 atom stereocenters. The molecular formula is C14H18ClNO3. The van der Waals surface area contributed by atoms with Crippen molar-refractivity contribution in [2.24, 2.45) is 5.92 Å². The molecule has 0 radical (unpaired) electrons. The van der Waals surface area contributed by atoms with Crippen LogP contribution in [-0.2, 0) is 4.79 Å². The van der Waals surface area contributed by atoms with Crippen LogP contribution >= 0.6 is 11.6 Å². The summed E-state index contributed by atoms with van der Waals surface area (Å²) < 4.78 is 5.10. The van der Waals surface area contributed by atoms with E-state index in [0.29, 0.717) is 17.2 Å². The Morgan fingerprint density at radius 3 is 2.89 bits per heavy atom. The zero-order valence-corrected chi connectivity index (χ0v) is 11.6. The van der Waals surface area contributed by atoms with Crippen LogP contribution in [-0.4, -0.2) is 24.2 Å². The van der Waals surface area contributed by atoms with Gasteiger partial charge in [-0.3, -0.25) is 4.79 Å². The predicted octanol–water partition coefficient (Wildman–Crippen LogP) is 3.40. The molecule has 4 nitrogen and oxygen atoms in total. The largest absolute Gasteiger partial charge is 0.495 e. The lowest BCUT2D eigenvalue weighted by Crippen LogP contribution is -2.30. The van der Waals surface area contributed by atoms with Crippen LogP contribution in [0.15, 0.2) is 18.2 Å². The van der Waals surface area contributed by atoms with Crippen molar-refractivity contribution >= 4 is 23.3 Å². The van der Waals surface area contributed by atoms with Crippen molar-refractivity contribution in [2.45, 2.75) is 31.7 Å². The highest BCUT2D eigenvalue weighted by atomic mass is 35.5. The molecule has 1 fully saturated rings. The fourth-order valence-electron chi connectivity index (χ4n) is 2.54. The average Bonchev–Trinajstić information content (AvgIpc) is 2.39. The summed E-state index contributed by atoms with van der Waals surface area (Å²) in [6, 6.07) is 5.71. The summed E-state index contributed by atoms with van der Waals surface area (Å²) >= 11 is 6.07. The number of hydrogen-bond donors (Lipinski definition) is 2. The molecule has 2 unspecified atom stereocenters. The molecule has 0 amide bonds. The van der Waals surface area contributed by atoms with Gasteiger partial charge >= 0.3 is 5.97 Å². The maximum absolute atomic E-state index is 11.0. The first-order valence-electron chi connectivity index (χ1n) is 6.43. The maximum Gasteiger partial charge on any atom is 0.306 e. The van der Waals surface area contributed by atoms with Crippen LogP contribution in [0.2, 0.25) is 5.02 Å². The predicted molar refractivity (Wildman–Crippen MR) is 75.0 cm³/mol. The van der Waals surface area contributed by atoms with Crippen LogP contribution in [0.4, 0.5) is 5.69 Å². The van der Waals surface area contributed by atoms with E-state index in [1.165, 1.54) is 0 Å². The molecule has 0 saturated heterocycles. The quantitative estimate of drug-likeness (QED) is 0.889. The van der Waals surface area contributed by atoms with E-state index in [-0.39, 0.29) is 12.0 Å². The van der Waals surface area contributed by atoms with Gasteiger partial charge in [0.25, 0.3) is 0 Å². The van der Waals surface area contributed by atoms with Crippen molar-refractivity contribution in [1.29, 1.82) is 0 Å². The normalized spacial score (nSPS) is 22.8. The number of halogens is 1. The minimum atomic E-state index is -0.695. The number of carboxylic acid groups (broad SMARTS) is 1. The van der Waals surface area contributed by atoms with Gasteiger partial charge in [-0.05, 0) is 37.5 Å². The number of aliphatic carboxylic acids is 1. The molecule has 1 aliphatic carbocycles. The molecule has 0 heterocycles. The highest BCUT2D eigenvalue weighted by Gasteiger charge is 2.26. The van der Waals surface area contributed by atoms with E-state index in [9.17, 15) is 4.79 Å². The summed E-state index contributed by atoms with van der Waals surface area (Å²) in [7, 11) is 1.58. The zero-order chi connectivity index (χ0) is 13.8. The summed E-state index contributed by atoms with van der Waals surface area (Å²) in [6.07, 6.45) is 3.38. The van der Waals surface area contributed by atoms with Crippen molar-refractivity contribution in [3.05, 3.63) is 23.2 Å². The second kappa shape index (κ2) is 6.15. The maximum atomic E-state index is 11.0. The average molecular weight is 284 g/mol. The molecule has 2 rings (SSSR count). The zero-order valence-electron chi connectivity index (χ0n) is 10.9. The summed E-state index contributed by atoms with van der Waals surface area (Å²) in [4.78, 5) is 11.0. The van der Waals surface area contributed by atoms with Gasteiger partial charge in [0.15, 0.2) is 0 Å². The fraction of sp³-hybridized carbons (Fsp3) is 0.500. The van der Waals surface area contributed by atoms with E-state index in [1.807, 2.05) is 18.2 Å². The molecule has 19 heavy (non-hydrogen) atoms.